The normalized spacial score (nSPS) is 11.9. The monoisotopic (exact) mass is 337 g/mol. The van der Waals surface area contributed by atoms with E-state index in [-0.39, 0.29) is 18.7 Å². The van der Waals surface area contributed by atoms with Gasteiger partial charge in [0.2, 0.25) is 5.91 Å². The smallest absolute Gasteiger partial charge is 0.226 e. The molecule has 7 heteroatoms. The van der Waals surface area contributed by atoms with E-state index in [1.165, 1.54) is 11.3 Å². The number of carbonyl (C=O) groups is 2. The lowest BCUT2D eigenvalue weighted by molar-refractivity contribution is -0.306. The van der Waals surface area contributed by atoms with E-state index >= 15 is 0 Å². The van der Waals surface area contributed by atoms with Crippen LogP contribution in [-0.2, 0) is 9.59 Å². The Labute approximate surface area is 137 Å². The van der Waals surface area contributed by atoms with E-state index < -0.39 is 11.9 Å². The quantitative estimate of drug-likeness (QED) is 0.877. The Morgan fingerprint density at radius 3 is 2.55 bits per heavy atom. The number of carboxylic acid groups (broad SMARTS) is 1. The molecule has 0 spiro atoms. The Hall–Kier alpha value is -1.92. The van der Waals surface area contributed by atoms with Crippen molar-refractivity contribution in [3.8, 4) is 0 Å². The summed E-state index contributed by atoms with van der Waals surface area (Å²) in [6.45, 7) is 1.83. The summed E-state index contributed by atoms with van der Waals surface area (Å²) in [5.41, 5.74) is 1.56. The fourth-order valence-corrected chi connectivity index (χ4v) is 2.88. The summed E-state index contributed by atoms with van der Waals surface area (Å²) in [6.07, 6.45) is -0.194. The van der Waals surface area contributed by atoms with Gasteiger partial charge in [0.1, 0.15) is 0 Å². The molecule has 1 amide bonds. The average molecular weight is 338 g/mol. The molecule has 2 rings (SSSR count). The highest BCUT2D eigenvalue weighted by Crippen LogP contribution is 2.25. The molecule has 22 heavy (non-hydrogen) atoms. The van der Waals surface area contributed by atoms with Crippen molar-refractivity contribution in [3.05, 3.63) is 45.9 Å². The maximum absolute atomic E-state index is 12.1. The molecular weight excluding hydrogens is 324 g/mol. The fraction of sp³-hybridized carbons (Fsp3) is 0.267. The van der Waals surface area contributed by atoms with Gasteiger partial charge in [-0.2, -0.15) is 0 Å². The Kier molecular flexibility index (Phi) is 5.51. The average Bonchev–Trinajstić information content (AvgIpc) is 2.83. The lowest BCUT2D eigenvalue weighted by Crippen LogP contribution is -2.26. The van der Waals surface area contributed by atoms with Crippen LogP contribution in [0.1, 0.15) is 30.0 Å². The van der Waals surface area contributed by atoms with Crippen LogP contribution >= 0.6 is 22.9 Å². The van der Waals surface area contributed by atoms with Crippen molar-refractivity contribution in [2.45, 2.75) is 25.7 Å². The van der Waals surface area contributed by atoms with E-state index in [0.29, 0.717) is 10.2 Å². The third-order valence-corrected chi connectivity index (χ3v) is 4.18. The summed E-state index contributed by atoms with van der Waals surface area (Å²) in [6, 6.07) is 6.77. The van der Waals surface area contributed by atoms with Gasteiger partial charge in [0, 0.05) is 22.8 Å². The third-order valence-electron chi connectivity index (χ3n) is 3.05. The molecule has 0 unspecified atom stereocenters. The first-order valence-corrected chi connectivity index (χ1v) is 7.87. The molecule has 0 bridgehead atoms. The zero-order valence-corrected chi connectivity index (χ0v) is 13.4. The molecule has 1 aromatic heterocycles. The van der Waals surface area contributed by atoms with Crippen molar-refractivity contribution < 1.29 is 14.7 Å². The van der Waals surface area contributed by atoms with Crippen LogP contribution in [0.15, 0.2) is 29.6 Å². The van der Waals surface area contributed by atoms with Crippen molar-refractivity contribution in [2.75, 3.05) is 5.32 Å². The Balaban J connectivity index is 2.07. The standard InChI is InChI=1S/C15H15ClN2O3S/c1-9-8-22-15(17-9)18-13(19)6-11(7-14(20)21)10-2-4-12(16)5-3-10/h2-5,8,11H,6-7H2,1H3,(H,20,21)(H,17,18,19)/p-1/t11-/m1/s1. The van der Waals surface area contributed by atoms with Gasteiger partial charge >= 0.3 is 0 Å². The molecular formula is C15H14ClN2O3S-. The topological polar surface area (TPSA) is 82.1 Å². The number of anilines is 1. The molecule has 2 aromatic rings. The molecule has 1 atom stereocenters. The summed E-state index contributed by atoms with van der Waals surface area (Å²) >= 11 is 7.15. The zero-order valence-electron chi connectivity index (χ0n) is 11.8. The van der Waals surface area contributed by atoms with Crippen LogP contribution in [0, 0.1) is 6.92 Å². The Bertz CT molecular complexity index is 670. The van der Waals surface area contributed by atoms with Crippen LogP contribution in [-0.4, -0.2) is 16.9 Å². The predicted molar refractivity (Wildman–Crippen MR) is 83.9 cm³/mol. The lowest BCUT2D eigenvalue weighted by atomic mass is 9.92. The zero-order chi connectivity index (χ0) is 16.1. The Morgan fingerprint density at radius 1 is 1.32 bits per heavy atom. The maximum atomic E-state index is 12.1. The number of hydrogen-bond acceptors (Lipinski definition) is 5. The molecule has 116 valence electrons. The molecule has 1 N–H and O–H groups in total. The van der Waals surface area contributed by atoms with Gasteiger partial charge in [-0.25, -0.2) is 4.98 Å². The first-order chi connectivity index (χ1) is 10.4. The number of aryl methyl sites for hydroxylation is 1. The van der Waals surface area contributed by atoms with Crippen molar-refractivity contribution in [3.63, 3.8) is 0 Å². The highest BCUT2D eigenvalue weighted by Gasteiger charge is 2.17. The molecule has 0 aliphatic rings. The molecule has 1 aromatic carbocycles. The van der Waals surface area contributed by atoms with Gasteiger partial charge in [-0.05, 0) is 37.0 Å². The second kappa shape index (κ2) is 7.38. The van der Waals surface area contributed by atoms with Gasteiger partial charge in [0.25, 0.3) is 0 Å². The number of nitrogens with zero attached hydrogens (tertiary/aromatic N) is 1. The molecule has 0 fully saturated rings. The van der Waals surface area contributed by atoms with E-state index in [1.54, 1.807) is 24.3 Å². The summed E-state index contributed by atoms with van der Waals surface area (Å²) in [7, 11) is 0. The van der Waals surface area contributed by atoms with Crippen molar-refractivity contribution >= 4 is 39.9 Å². The van der Waals surface area contributed by atoms with Gasteiger partial charge in [-0.1, -0.05) is 23.7 Å². The number of aromatic nitrogens is 1. The second-order valence-corrected chi connectivity index (χ2v) is 6.17. The minimum atomic E-state index is -1.20. The van der Waals surface area contributed by atoms with E-state index in [0.717, 1.165) is 11.3 Å². The minimum Gasteiger partial charge on any atom is -0.550 e. The van der Waals surface area contributed by atoms with Crippen LogP contribution < -0.4 is 10.4 Å². The molecule has 1 heterocycles. The first kappa shape index (κ1) is 16.5. The van der Waals surface area contributed by atoms with Crippen LogP contribution in [0.25, 0.3) is 0 Å². The van der Waals surface area contributed by atoms with E-state index in [9.17, 15) is 14.7 Å². The summed E-state index contributed by atoms with van der Waals surface area (Å²) < 4.78 is 0. The molecule has 0 aliphatic carbocycles. The van der Waals surface area contributed by atoms with Crippen molar-refractivity contribution in [1.82, 2.24) is 4.98 Å². The number of carboxylic acids is 1. The summed E-state index contributed by atoms with van der Waals surface area (Å²) in [4.78, 5) is 27.1. The Morgan fingerprint density at radius 2 is 2.00 bits per heavy atom. The van der Waals surface area contributed by atoms with Gasteiger partial charge in [-0.3, -0.25) is 4.79 Å². The number of carbonyl (C=O) groups excluding carboxylic acids is 2. The molecule has 0 saturated carbocycles. The van der Waals surface area contributed by atoms with Crippen LogP contribution in [0.5, 0.6) is 0 Å². The van der Waals surface area contributed by atoms with Crippen LogP contribution in [0.3, 0.4) is 0 Å². The molecule has 5 nitrogen and oxygen atoms in total. The molecule has 0 aliphatic heterocycles. The SMILES string of the molecule is Cc1csc(NC(=O)C[C@H](CC(=O)[O-])c2ccc(Cl)cc2)n1. The van der Waals surface area contributed by atoms with Crippen molar-refractivity contribution in [2.24, 2.45) is 0 Å². The minimum absolute atomic E-state index is 0.0360. The number of halogens is 1. The fourth-order valence-electron chi connectivity index (χ4n) is 2.05. The molecule has 0 radical (unpaired) electrons. The summed E-state index contributed by atoms with van der Waals surface area (Å²) in [5.74, 6) is -1.95. The number of amides is 1. The van der Waals surface area contributed by atoms with Gasteiger partial charge in [-0.15, -0.1) is 11.3 Å². The third kappa shape index (κ3) is 4.82. The highest BCUT2D eigenvalue weighted by atomic mass is 35.5. The van der Waals surface area contributed by atoms with Gasteiger partial charge in [0.15, 0.2) is 5.13 Å². The highest BCUT2D eigenvalue weighted by molar-refractivity contribution is 7.13. The number of hydrogen-bond donors (Lipinski definition) is 1. The van der Waals surface area contributed by atoms with Crippen molar-refractivity contribution in [1.29, 1.82) is 0 Å². The largest absolute Gasteiger partial charge is 0.550 e. The summed E-state index contributed by atoms with van der Waals surface area (Å²) in [5, 5.41) is 16.5. The van der Waals surface area contributed by atoms with Gasteiger partial charge < -0.3 is 15.2 Å². The van der Waals surface area contributed by atoms with E-state index in [2.05, 4.69) is 10.3 Å². The lowest BCUT2D eigenvalue weighted by Gasteiger charge is -2.17. The number of nitrogens with one attached hydrogen (secondary N) is 1. The number of aliphatic carboxylic acids is 1. The number of benzene rings is 1. The predicted octanol–water partition coefficient (Wildman–Crippen LogP) is 2.36. The van der Waals surface area contributed by atoms with Crippen LogP contribution in [0.2, 0.25) is 5.02 Å². The number of rotatable bonds is 6. The van der Waals surface area contributed by atoms with Crippen LogP contribution in [0.4, 0.5) is 5.13 Å². The van der Waals surface area contributed by atoms with E-state index in [4.69, 9.17) is 11.6 Å². The molecule has 0 saturated heterocycles. The second-order valence-electron chi connectivity index (χ2n) is 4.87. The maximum Gasteiger partial charge on any atom is 0.226 e. The first-order valence-electron chi connectivity index (χ1n) is 6.61. The van der Waals surface area contributed by atoms with Gasteiger partial charge in [0.05, 0.1) is 5.69 Å². The number of thiazole rings is 1. The van der Waals surface area contributed by atoms with E-state index in [1.807, 2.05) is 12.3 Å².